The molecule has 15 heavy (non-hydrogen) atoms. The summed E-state index contributed by atoms with van der Waals surface area (Å²) in [7, 11) is 0. The molecule has 0 spiro atoms. The van der Waals surface area contributed by atoms with Crippen LogP contribution in [0.15, 0.2) is 12.2 Å². The van der Waals surface area contributed by atoms with E-state index in [4.69, 9.17) is 5.73 Å². The summed E-state index contributed by atoms with van der Waals surface area (Å²) >= 11 is 0. The van der Waals surface area contributed by atoms with Crippen LogP contribution in [0.5, 0.6) is 0 Å². The predicted molar refractivity (Wildman–Crippen MR) is 65.6 cm³/mol. The van der Waals surface area contributed by atoms with Crippen LogP contribution in [0.4, 0.5) is 0 Å². The minimum absolute atomic E-state index is 0.0642. The molecule has 0 amide bonds. The lowest BCUT2D eigenvalue weighted by atomic mass is 9.72. The molecule has 0 unspecified atom stereocenters. The molecule has 2 aliphatic rings. The molecule has 0 heterocycles. The molecular formula is C14H25N. The molecule has 1 heteroatoms. The third-order valence-corrected chi connectivity index (χ3v) is 4.55. The van der Waals surface area contributed by atoms with Crippen molar-refractivity contribution in [2.75, 3.05) is 0 Å². The van der Waals surface area contributed by atoms with Crippen molar-refractivity contribution in [2.24, 2.45) is 22.5 Å². The SMILES string of the molecule is CC1(C)CCC(C)(C)C1/C=C/C1(N)CC1. The van der Waals surface area contributed by atoms with E-state index < -0.39 is 0 Å². The zero-order valence-electron chi connectivity index (χ0n) is 10.6. The number of hydrogen-bond donors (Lipinski definition) is 1. The van der Waals surface area contributed by atoms with Gasteiger partial charge in [-0.2, -0.15) is 0 Å². The van der Waals surface area contributed by atoms with Crippen LogP contribution in [0.25, 0.3) is 0 Å². The lowest BCUT2D eigenvalue weighted by Crippen LogP contribution is -2.27. The highest BCUT2D eigenvalue weighted by molar-refractivity contribution is 5.18. The maximum absolute atomic E-state index is 6.12. The lowest BCUT2D eigenvalue weighted by molar-refractivity contribution is 0.209. The van der Waals surface area contributed by atoms with Gasteiger partial charge in [-0.3, -0.25) is 0 Å². The largest absolute Gasteiger partial charge is 0.322 e. The van der Waals surface area contributed by atoms with Gasteiger partial charge in [-0.15, -0.1) is 0 Å². The first-order valence-electron chi connectivity index (χ1n) is 6.24. The Hall–Kier alpha value is -0.300. The third kappa shape index (κ3) is 2.13. The quantitative estimate of drug-likeness (QED) is 0.689. The van der Waals surface area contributed by atoms with Gasteiger partial charge in [0.2, 0.25) is 0 Å². The molecule has 0 aromatic rings. The van der Waals surface area contributed by atoms with Gasteiger partial charge in [0.25, 0.3) is 0 Å². The minimum Gasteiger partial charge on any atom is -0.322 e. The fourth-order valence-corrected chi connectivity index (χ4v) is 3.13. The van der Waals surface area contributed by atoms with Crippen molar-refractivity contribution in [3.05, 3.63) is 12.2 Å². The Kier molecular flexibility index (Phi) is 2.31. The number of hydrogen-bond acceptors (Lipinski definition) is 1. The van der Waals surface area contributed by atoms with Gasteiger partial charge in [0, 0.05) is 5.54 Å². The molecule has 2 fully saturated rings. The van der Waals surface area contributed by atoms with Crippen molar-refractivity contribution in [2.45, 2.75) is 58.9 Å². The van der Waals surface area contributed by atoms with Crippen LogP contribution in [-0.2, 0) is 0 Å². The number of allylic oxidation sites excluding steroid dienone is 1. The highest BCUT2D eigenvalue weighted by atomic mass is 14.8. The monoisotopic (exact) mass is 207 g/mol. The Morgan fingerprint density at radius 3 is 1.80 bits per heavy atom. The Balaban J connectivity index is 2.14. The van der Waals surface area contributed by atoms with Crippen LogP contribution in [0.1, 0.15) is 53.4 Å². The molecule has 1 nitrogen and oxygen atoms in total. The summed E-state index contributed by atoms with van der Waals surface area (Å²) in [5.74, 6) is 0.686. The van der Waals surface area contributed by atoms with Crippen molar-refractivity contribution < 1.29 is 0 Å². The second-order valence-corrected chi connectivity index (χ2v) is 7.05. The highest BCUT2D eigenvalue weighted by Gasteiger charge is 2.46. The Morgan fingerprint density at radius 2 is 1.40 bits per heavy atom. The van der Waals surface area contributed by atoms with E-state index in [1.54, 1.807) is 0 Å². The van der Waals surface area contributed by atoms with E-state index in [0.717, 1.165) is 0 Å². The first-order valence-corrected chi connectivity index (χ1v) is 6.24. The van der Waals surface area contributed by atoms with Crippen LogP contribution >= 0.6 is 0 Å². The number of rotatable bonds is 2. The van der Waals surface area contributed by atoms with Gasteiger partial charge in [0.15, 0.2) is 0 Å². The molecule has 2 rings (SSSR count). The second kappa shape index (κ2) is 3.10. The first-order chi connectivity index (χ1) is 6.75. The second-order valence-electron chi connectivity index (χ2n) is 7.05. The van der Waals surface area contributed by atoms with Gasteiger partial charge in [0.05, 0.1) is 0 Å². The molecule has 0 bridgehead atoms. The van der Waals surface area contributed by atoms with Gasteiger partial charge in [-0.25, -0.2) is 0 Å². The van der Waals surface area contributed by atoms with Crippen molar-refractivity contribution in [3.63, 3.8) is 0 Å². The summed E-state index contributed by atoms with van der Waals surface area (Å²) in [4.78, 5) is 0. The zero-order chi connectivity index (χ0) is 11.3. The highest BCUT2D eigenvalue weighted by Crippen LogP contribution is 2.54. The van der Waals surface area contributed by atoms with E-state index in [0.29, 0.717) is 16.7 Å². The van der Waals surface area contributed by atoms with Gasteiger partial charge < -0.3 is 5.73 Å². The van der Waals surface area contributed by atoms with E-state index >= 15 is 0 Å². The molecule has 0 aromatic carbocycles. The Labute approximate surface area is 94.1 Å². The van der Waals surface area contributed by atoms with Crippen LogP contribution in [0.3, 0.4) is 0 Å². The molecule has 86 valence electrons. The van der Waals surface area contributed by atoms with Crippen molar-refractivity contribution >= 4 is 0 Å². The van der Waals surface area contributed by atoms with E-state index in [1.165, 1.54) is 25.7 Å². The van der Waals surface area contributed by atoms with E-state index in [1.807, 2.05) is 0 Å². The maximum Gasteiger partial charge on any atom is 0.0340 e. The molecule has 0 atom stereocenters. The molecule has 0 aliphatic heterocycles. The van der Waals surface area contributed by atoms with Crippen LogP contribution in [-0.4, -0.2) is 5.54 Å². The van der Waals surface area contributed by atoms with Crippen molar-refractivity contribution in [1.29, 1.82) is 0 Å². The summed E-state index contributed by atoms with van der Waals surface area (Å²) in [5.41, 5.74) is 7.08. The van der Waals surface area contributed by atoms with Crippen LogP contribution in [0, 0.1) is 16.7 Å². The molecular weight excluding hydrogens is 182 g/mol. The summed E-state index contributed by atoms with van der Waals surface area (Å²) in [6.07, 6.45) is 9.74. The fraction of sp³-hybridized carbons (Fsp3) is 0.857. The standard InChI is InChI=1S/C14H25N/c1-12(2)7-8-13(3,4)11(12)5-6-14(15)9-10-14/h5-6,11H,7-10,15H2,1-4H3/b6-5+. The van der Waals surface area contributed by atoms with E-state index in [9.17, 15) is 0 Å². The normalized spacial score (nSPS) is 32.3. The fourth-order valence-electron chi connectivity index (χ4n) is 3.13. The minimum atomic E-state index is 0.0642. The van der Waals surface area contributed by atoms with Crippen molar-refractivity contribution in [1.82, 2.24) is 0 Å². The summed E-state index contributed by atoms with van der Waals surface area (Å²) < 4.78 is 0. The third-order valence-electron chi connectivity index (χ3n) is 4.55. The van der Waals surface area contributed by atoms with E-state index in [2.05, 4.69) is 39.8 Å². The predicted octanol–water partition coefficient (Wildman–Crippen LogP) is 3.50. The first kappa shape index (κ1) is 11.2. The molecule has 0 radical (unpaired) electrons. The smallest absolute Gasteiger partial charge is 0.0340 e. The molecule has 2 saturated carbocycles. The summed E-state index contributed by atoms with van der Waals surface area (Å²) in [5, 5.41) is 0. The van der Waals surface area contributed by atoms with E-state index in [-0.39, 0.29) is 5.54 Å². The average molecular weight is 207 g/mol. The molecule has 0 aromatic heterocycles. The van der Waals surface area contributed by atoms with Crippen LogP contribution in [0.2, 0.25) is 0 Å². The van der Waals surface area contributed by atoms with Crippen molar-refractivity contribution in [3.8, 4) is 0 Å². The molecule has 2 N–H and O–H groups in total. The van der Waals surface area contributed by atoms with Crippen LogP contribution < -0.4 is 5.73 Å². The summed E-state index contributed by atoms with van der Waals surface area (Å²) in [6.45, 7) is 9.58. The van der Waals surface area contributed by atoms with Gasteiger partial charge in [-0.05, 0) is 42.4 Å². The Morgan fingerprint density at radius 1 is 0.933 bits per heavy atom. The molecule has 0 saturated heterocycles. The molecule has 2 aliphatic carbocycles. The Bertz CT molecular complexity index is 266. The summed E-state index contributed by atoms with van der Waals surface area (Å²) in [6, 6.07) is 0. The zero-order valence-corrected chi connectivity index (χ0v) is 10.6. The average Bonchev–Trinajstić information content (AvgIpc) is 2.76. The van der Waals surface area contributed by atoms with Gasteiger partial charge in [-0.1, -0.05) is 39.8 Å². The maximum atomic E-state index is 6.12. The van der Waals surface area contributed by atoms with Gasteiger partial charge >= 0.3 is 0 Å². The topological polar surface area (TPSA) is 26.0 Å². The van der Waals surface area contributed by atoms with Gasteiger partial charge in [0.1, 0.15) is 0 Å². The number of nitrogens with two attached hydrogens (primary N) is 1. The lowest BCUT2D eigenvalue weighted by Gasteiger charge is -2.33.